The molecule has 0 heterocycles. The molecular formula is C18H25NO4S. The van der Waals surface area contributed by atoms with E-state index in [0.29, 0.717) is 18.4 Å². The SMILES string of the molecule is CC(C)(C)OC(=O)NC1CCC(c2ccccc2C(=O)S)C(O)C1. The Morgan fingerprint density at radius 3 is 2.50 bits per heavy atom. The molecule has 1 aromatic rings. The van der Waals surface area contributed by atoms with Crippen molar-refractivity contribution in [3.63, 3.8) is 0 Å². The molecule has 0 aliphatic heterocycles. The van der Waals surface area contributed by atoms with Crippen LogP contribution in [0.2, 0.25) is 0 Å². The van der Waals surface area contributed by atoms with Gasteiger partial charge in [0, 0.05) is 17.5 Å². The molecule has 0 radical (unpaired) electrons. The van der Waals surface area contributed by atoms with E-state index in [4.69, 9.17) is 4.74 Å². The summed E-state index contributed by atoms with van der Waals surface area (Å²) < 4.78 is 5.25. The Bertz CT molecular complexity index is 611. The molecular weight excluding hydrogens is 326 g/mol. The van der Waals surface area contributed by atoms with E-state index in [1.54, 1.807) is 12.1 Å². The molecule has 1 fully saturated rings. The smallest absolute Gasteiger partial charge is 0.407 e. The maximum Gasteiger partial charge on any atom is 0.407 e. The van der Waals surface area contributed by atoms with Crippen molar-refractivity contribution in [1.82, 2.24) is 5.32 Å². The van der Waals surface area contributed by atoms with Crippen LogP contribution in [0.3, 0.4) is 0 Å². The van der Waals surface area contributed by atoms with Crippen LogP contribution in [0.5, 0.6) is 0 Å². The molecule has 1 aliphatic rings. The number of benzene rings is 1. The molecule has 132 valence electrons. The highest BCUT2D eigenvalue weighted by molar-refractivity contribution is 7.97. The maximum atomic E-state index is 11.9. The third-order valence-corrected chi connectivity index (χ3v) is 4.37. The van der Waals surface area contributed by atoms with Gasteiger partial charge in [-0.1, -0.05) is 24.3 Å². The van der Waals surface area contributed by atoms with Gasteiger partial charge in [0.25, 0.3) is 0 Å². The largest absolute Gasteiger partial charge is 0.444 e. The molecule has 2 N–H and O–H groups in total. The van der Waals surface area contributed by atoms with Gasteiger partial charge in [-0.3, -0.25) is 4.79 Å². The van der Waals surface area contributed by atoms with Crippen LogP contribution in [0.4, 0.5) is 4.79 Å². The molecule has 0 spiro atoms. The van der Waals surface area contributed by atoms with Crippen LogP contribution in [-0.4, -0.2) is 34.1 Å². The Morgan fingerprint density at radius 2 is 1.92 bits per heavy atom. The third kappa shape index (κ3) is 4.98. The summed E-state index contributed by atoms with van der Waals surface area (Å²) in [6, 6.07) is 7.09. The van der Waals surface area contributed by atoms with Crippen LogP contribution in [0.25, 0.3) is 0 Å². The number of rotatable bonds is 3. The van der Waals surface area contributed by atoms with E-state index in [1.165, 1.54) is 0 Å². The first-order chi connectivity index (χ1) is 11.2. The molecule has 6 heteroatoms. The number of nitrogens with one attached hydrogen (secondary N) is 1. The Kier molecular flexibility index (Phi) is 5.93. The highest BCUT2D eigenvalue weighted by atomic mass is 32.1. The average molecular weight is 351 g/mol. The normalized spacial score (nSPS) is 24.3. The van der Waals surface area contributed by atoms with E-state index in [2.05, 4.69) is 17.9 Å². The number of hydrogen-bond donors (Lipinski definition) is 3. The monoisotopic (exact) mass is 351 g/mol. The molecule has 1 aromatic carbocycles. The predicted molar refractivity (Wildman–Crippen MR) is 95.5 cm³/mol. The van der Waals surface area contributed by atoms with Crippen molar-refractivity contribution in [3.05, 3.63) is 35.4 Å². The van der Waals surface area contributed by atoms with Crippen molar-refractivity contribution >= 4 is 23.8 Å². The summed E-state index contributed by atoms with van der Waals surface area (Å²) in [5.41, 5.74) is 0.801. The number of hydrogen-bond acceptors (Lipinski definition) is 4. The minimum atomic E-state index is -0.632. The number of thiol groups is 1. The van der Waals surface area contributed by atoms with Gasteiger partial charge in [-0.25, -0.2) is 4.79 Å². The lowest BCUT2D eigenvalue weighted by Crippen LogP contribution is -2.44. The zero-order valence-corrected chi connectivity index (χ0v) is 15.2. The number of aliphatic hydroxyl groups excluding tert-OH is 1. The van der Waals surface area contributed by atoms with Crippen LogP contribution in [0, 0.1) is 0 Å². The average Bonchev–Trinajstić information content (AvgIpc) is 2.45. The minimum Gasteiger partial charge on any atom is -0.444 e. The molecule has 24 heavy (non-hydrogen) atoms. The summed E-state index contributed by atoms with van der Waals surface area (Å²) >= 11 is 3.91. The van der Waals surface area contributed by atoms with Gasteiger partial charge in [0.05, 0.1) is 6.10 Å². The van der Waals surface area contributed by atoms with Crippen molar-refractivity contribution in [2.45, 2.75) is 63.7 Å². The van der Waals surface area contributed by atoms with Crippen molar-refractivity contribution in [1.29, 1.82) is 0 Å². The fourth-order valence-electron chi connectivity index (χ4n) is 3.13. The number of ether oxygens (including phenoxy) is 1. The van der Waals surface area contributed by atoms with E-state index >= 15 is 0 Å². The van der Waals surface area contributed by atoms with Gasteiger partial charge < -0.3 is 15.2 Å². The number of carbonyl (C=O) groups excluding carboxylic acids is 2. The van der Waals surface area contributed by atoms with E-state index < -0.39 is 17.8 Å². The second-order valence-corrected chi connectivity index (χ2v) is 7.63. The zero-order valence-electron chi connectivity index (χ0n) is 14.3. The summed E-state index contributed by atoms with van der Waals surface area (Å²) in [4.78, 5) is 23.5. The van der Waals surface area contributed by atoms with Gasteiger partial charge in [0.1, 0.15) is 5.60 Å². The van der Waals surface area contributed by atoms with Gasteiger partial charge in [-0.2, -0.15) is 0 Å². The molecule has 3 atom stereocenters. The van der Waals surface area contributed by atoms with Crippen LogP contribution in [-0.2, 0) is 4.74 Å². The molecule has 1 saturated carbocycles. The van der Waals surface area contributed by atoms with E-state index in [-0.39, 0.29) is 17.1 Å². The van der Waals surface area contributed by atoms with Gasteiger partial charge >= 0.3 is 6.09 Å². The van der Waals surface area contributed by atoms with Gasteiger partial charge in [0.2, 0.25) is 5.12 Å². The quantitative estimate of drug-likeness (QED) is 0.731. The van der Waals surface area contributed by atoms with Crippen LogP contribution in [0.15, 0.2) is 24.3 Å². The molecule has 1 amide bonds. The zero-order chi connectivity index (χ0) is 17.9. The van der Waals surface area contributed by atoms with Gasteiger partial charge in [-0.05, 0) is 45.6 Å². The second-order valence-electron chi connectivity index (χ2n) is 7.22. The van der Waals surface area contributed by atoms with Crippen LogP contribution < -0.4 is 5.32 Å². The Hall–Kier alpha value is -1.53. The molecule has 0 saturated heterocycles. The van der Waals surface area contributed by atoms with E-state index in [9.17, 15) is 14.7 Å². The van der Waals surface area contributed by atoms with E-state index in [1.807, 2.05) is 32.9 Å². The molecule has 3 unspecified atom stereocenters. The first-order valence-electron chi connectivity index (χ1n) is 8.17. The summed E-state index contributed by atoms with van der Waals surface area (Å²) in [6.45, 7) is 5.43. The molecule has 2 rings (SSSR count). The van der Waals surface area contributed by atoms with Crippen molar-refractivity contribution < 1.29 is 19.4 Å². The van der Waals surface area contributed by atoms with Crippen molar-refractivity contribution in [2.75, 3.05) is 0 Å². The molecule has 0 aromatic heterocycles. The number of alkyl carbamates (subject to hydrolysis) is 1. The lowest BCUT2D eigenvalue weighted by Gasteiger charge is -2.34. The number of carbonyl (C=O) groups is 2. The van der Waals surface area contributed by atoms with Gasteiger partial charge in [0.15, 0.2) is 0 Å². The van der Waals surface area contributed by atoms with Crippen LogP contribution in [0.1, 0.15) is 61.9 Å². The highest BCUT2D eigenvalue weighted by Crippen LogP contribution is 2.35. The first-order valence-corrected chi connectivity index (χ1v) is 8.62. The first kappa shape index (κ1) is 18.8. The Balaban J connectivity index is 2.01. The maximum absolute atomic E-state index is 11.9. The number of aliphatic hydroxyl groups is 1. The molecule has 0 bridgehead atoms. The molecule has 1 aliphatic carbocycles. The summed E-state index contributed by atoms with van der Waals surface area (Å²) in [5.74, 6) is -0.131. The Morgan fingerprint density at radius 1 is 1.25 bits per heavy atom. The standard InChI is InChI=1S/C18H25NO4S/c1-18(2,3)23-17(22)19-11-8-9-13(15(20)10-11)12-6-4-5-7-14(12)16(21)24/h4-7,11,13,15,20H,8-10H2,1-3H3,(H,19,22)(H,21,24). The van der Waals surface area contributed by atoms with Crippen LogP contribution >= 0.6 is 12.6 Å². The van der Waals surface area contributed by atoms with Gasteiger partial charge in [-0.15, -0.1) is 12.6 Å². The Labute approximate surface area is 148 Å². The number of amides is 1. The molecule has 5 nitrogen and oxygen atoms in total. The lowest BCUT2D eigenvalue weighted by atomic mass is 9.78. The summed E-state index contributed by atoms with van der Waals surface area (Å²) in [5, 5.41) is 13.0. The summed E-state index contributed by atoms with van der Waals surface area (Å²) in [7, 11) is 0. The highest BCUT2D eigenvalue weighted by Gasteiger charge is 2.33. The minimum absolute atomic E-state index is 0.131. The topological polar surface area (TPSA) is 75.6 Å². The predicted octanol–water partition coefficient (Wildman–Crippen LogP) is 3.28. The van der Waals surface area contributed by atoms with Crippen molar-refractivity contribution in [3.8, 4) is 0 Å². The van der Waals surface area contributed by atoms with Crippen molar-refractivity contribution in [2.24, 2.45) is 0 Å². The fraction of sp³-hybridized carbons (Fsp3) is 0.556. The fourth-order valence-corrected chi connectivity index (χ4v) is 3.33. The summed E-state index contributed by atoms with van der Waals surface area (Å²) in [6.07, 6.45) is 0.728. The second kappa shape index (κ2) is 7.57. The van der Waals surface area contributed by atoms with E-state index in [0.717, 1.165) is 12.0 Å². The third-order valence-electron chi connectivity index (χ3n) is 4.13. The lowest BCUT2D eigenvalue weighted by molar-refractivity contribution is 0.0426.